The second kappa shape index (κ2) is 6.92. The monoisotopic (exact) mass is 348 g/mol. The van der Waals surface area contributed by atoms with Gasteiger partial charge in [0.15, 0.2) is 0 Å². The third kappa shape index (κ3) is 4.03. The molecule has 0 bridgehead atoms. The molecule has 0 fully saturated rings. The molecular weight excluding hydrogens is 328 g/mol. The zero-order valence-electron chi connectivity index (χ0n) is 15.0. The number of aliphatic imine (C=N–C) groups is 1. The van der Waals surface area contributed by atoms with Crippen molar-refractivity contribution in [1.82, 2.24) is 9.78 Å². The van der Waals surface area contributed by atoms with E-state index in [0.717, 1.165) is 22.5 Å². The number of nitro benzene ring substituents is 1. The average molecular weight is 348 g/mol. The Balaban J connectivity index is 2.08. The van der Waals surface area contributed by atoms with Crippen molar-refractivity contribution in [1.29, 1.82) is 0 Å². The van der Waals surface area contributed by atoms with E-state index in [0.29, 0.717) is 0 Å². The maximum atomic E-state index is 10.9. The van der Waals surface area contributed by atoms with Crippen LogP contribution in [0.2, 0.25) is 0 Å². The van der Waals surface area contributed by atoms with Crippen LogP contribution in [0.25, 0.3) is 16.9 Å². The Morgan fingerprint density at radius 1 is 1.08 bits per heavy atom. The van der Waals surface area contributed by atoms with Gasteiger partial charge < -0.3 is 0 Å². The van der Waals surface area contributed by atoms with Crippen molar-refractivity contribution < 1.29 is 4.92 Å². The molecule has 0 radical (unpaired) electrons. The molecule has 132 valence electrons. The fourth-order valence-electron chi connectivity index (χ4n) is 2.42. The summed E-state index contributed by atoms with van der Waals surface area (Å²) in [5.41, 5.74) is 3.18. The van der Waals surface area contributed by atoms with Crippen LogP contribution in [0.15, 0.2) is 65.8 Å². The van der Waals surface area contributed by atoms with Gasteiger partial charge in [-0.05, 0) is 45.0 Å². The summed E-state index contributed by atoms with van der Waals surface area (Å²) in [4.78, 5) is 15.1. The zero-order chi connectivity index (χ0) is 18.7. The fourth-order valence-corrected chi connectivity index (χ4v) is 2.42. The van der Waals surface area contributed by atoms with Crippen molar-refractivity contribution in [2.24, 2.45) is 4.99 Å². The van der Waals surface area contributed by atoms with Gasteiger partial charge in [-0.15, -0.1) is 0 Å². The Morgan fingerprint density at radius 2 is 1.73 bits per heavy atom. The first-order valence-corrected chi connectivity index (χ1v) is 8.29. The molecule has 0 saturated heterocycles. The Bertz CT molecular complexity index is 936. The summed E-state index contributed by atoms with van der Waals surface area (Å²) in [6.45, 7) is 6.07. The van der Waals surface area contributed by atoms with Crippen molar-refractivity contribution in [2.75, 3.05) is 0 Å². The molecule has 0 aliphatic rings. The molecule has 0 unspecified atom stereocenters. The molecule has 0 aliphatic heterocycles. The lowest BCUT2D eigenvalue weighted by atomic mass is 10.1. The molecule has 1 aromatic heterocycles. The molecule has 1 heterocycles. The number of hydrogen-bond donors (Lipinski definition) is 0. The number of aromatic nitrogens is 2. The Morgan fingerprint density at radius 3 is 2.31 bits per heavy atom. The molecule has 0 aliphatic carbocycles. The van der Waals surface area contributed by atoms with Gasteiger partial charge in [0, 0.05) is 35.7 Å². The van der Waals surface area contributed by atoms with E-state index >= 15 is 0 Å². The van der Waals surface area contributed by atoms with Crippen LogP contribution in [0.1, 0.15) is 26.3 Å². The minimum atomic E-state index is -0.408. The lowest BCUT2D eigenvalue weighted by Gasteiger charge is -2.10. The van der Waals surface area contributed by atoms with Gasteiger partial charge in [-0.3, -0.25) is 15.1 Å². The lowest BCUT2D eigenvalue weighted by Crippen LogP contribution is -2.09. The predicted molar refractivity (Wildman–Crippen MR) is 103 cm³/mol. The Hall–Kier alpha value is -3.28. The molecule has 0 amide bonds. The van der Waals surface area contributed by atoms with Crippen LogP contribution in [-0.4, -0.2) is 26.5 Å². The minimum absolute atomic E-state index is 0.0566. The van der Waals surface area contributed by atoms with Crippen LogP contribution in [0.3, 0.4) is 0 Å². The molecule has 6 heteroatoms. The van der Waals surface area contributed by atoms with Crippen LogP contribution in [-0.2, 0) is 0 Å². The van der Waals surface area contributed by atoms with Gasteiger partial charge in [0.2, 0.25) is 0 Å². The highest BCUT2D eigenvalue weighted by atomic mass is 16.6. The number of nitro groups is 1. The van der Waals surface area contributed by atoms with E-state index in [4.69, 9.17) is 0 Å². The van der Waals surface area contributed by atoms with Crippen molar-refractivity contribution in [3.63, 3.8) is 0 Å². The van der Waals surface area contributed by atoms with E-state index in [9.17, 15) is 10.1 Å². The quantitative estimate of drug-likeness (QED) is 0.391. The van der Waals surface area contributed by atoms with E-state index < -0.39 is 4.92 Å². The summed E-state index contributed by atoms with van der Waals surface area (Å²) in [6, 6.07) is 16.2. The highest BCUT2D eigenvalue weighted by molar-refractivity contribution is 5.89. The number of para-hydroxylation sites is 1. The van der Waals surface area contributed by atoms with Crippen LogP contribution in [0, 0.1) is 10.1 Å². The number of non-ortho nitro benzene ring substituents is 1. The summed E-state index contributed by atoms with van der Waals surface area (Å²) >= 11 is 0. The molecule has 3 rings (SSSR count). The van der Waals surface area contributed by atoms with E-state index in [1.54, 1.807) is 16.8 Å². The van der Waals surface area contributed by atoms with Crippen molar-refractivity contribution in [3.8, 4) is 16.9 Å². The van der Waals surface area contributed by atoms with Crippen molar-refractivity contribution in [3.05, 3.63) is 76.5 Å². The largest absolute Gasteiger partial charge is 0.287 e. The third-order valence-electron chi connectivity index (χ3n) is 3.71. The molecule has 3 aromatic rings. The topological polar surface area (TPSA) is 73.3 Å². The number of benzene rings is 2. The van der Waals surface area contributed by atoms with E-state index in [2.05, 4.69) is 10.1 Å². The standard InChI is InChI=1S/C20H20N4O2/c1-20(2,3)21-13-16-14-23(17-7-5-4-6-8-17)22-19(16)15-9-11-18(12-10-15)24(25)26/h4-14H,1-3H3. The summed E-state index contributed by atoms with van der Waals surface area (Å²) in [6.07, 6.45) is 3.73. The number of rotatable bonds is 4. The van der Waals surface area contributed by atoms with Gasteiger partial charge in [-0.25, -0.2) is 4.68 Å². The molecular formula is C20H20N4O2. The first-order chi connectivity index (χ1) is 12.3. The highest BCUT2D eigenvalue weighted by Gasteiger charge is 2.14. The molecule has 0 saturated carbocycles. The first-order valence-electron chi connectivity index (χ1n) is 8.29. The predicted octanol–water partition coefficient (Wildman–Crippen LogP) is 4.66. The smallest absolute Gasteiger partial charge is 0.269 e. The highest BCUT2D eigenvalue weighted by Crippen LogP contribution is 2.25. The maximum Gasteiger partial charge on any atom is 0.269 e. The second-order valence-corrected chi connectivity index (χ2v) is 6.95. The van der Waals surface area contributed by atoms with Crippen LogP contribution < -0.4 is 0 Å². The van der Waals surface area contributed by atoms with Crippen molar-refractivity contribution >= 4 is 11.9 Å². The Kier molecular flexibility index (Phi) is 4.67. The normalized spacial score (nSPS) is 11.8. The van der Waals surface area contributed by atoms with Crippen LogP contribution in [0.4, 0.5) is 5.69 Å². The van der Waals surface area contributed by atoms with Gasteiger partial charge >= 0.3 is 0 Å². The number of nitrogens with zero attached hydrogens (tertiary/aromatic N) is 4. The molecule has 2 aromatic carbocycles. The lowest BCUT2D eigenvalue weighted by molar-refractivity contribution is -0.384. The van der Waals surface area contributed by atoms with Gasteiger partial charge in [0.05, 0.1) is 16.1 Å². The van der Waals surface area contributed by atoms with E-state index in [1.807, 2.05) is 63.5 Å². The first kappa shape index (κ1) is 17.5. The maximum absolute atomic E-state index is 10.9. The molecule has 0 N–H and O–H groups in total. The average Bonchev–Trinajstić information content (AvgIpc) is 3.04. The van der Waals surface area contributed by atoms with Gasteiger partial charge in [-0.1, -0.05) is 18.2 Å². The molecule has 26 heavy (non-hydrogen) atoms. The molecule has 0 atom stereocenters. The molecule has 6 nitrogen and oxygen atoms in total. The number of hydrogen-bond acceptors (Lipinski definition) is 4. The van der Waals surface area contributed by atoms with E-state index in [1.165, 1.54) is 12.1 Å². The summed E-state index contributed by atoms with van der Waals surface area (Å²) in [7, 11) is 0. The van der Waals surface area contributed by atoms with Crippen molar-refractivity contribution in [2.45, 2.75) is 26.3 Å². The van der Waals surface area contributed by atoms with Gasteiger partial charge in [0.25, 0.3) is 5.69 Å². The second-order valence-electron chi connectivity index (χ2n) is 6.95. The SMILES string of the molecule is CC(C)(C)N=Cc1cn(-c2ccccc2)nc1-c1ccc([N+](=O)[O-])cc1. The fraction of sp³-hybridized carbons (Fsp3) is 0.200. The zero-order valence-corrected chi connectivity index (χ0v) is 15.0. The van der Waals surface area contributed by atoms with Crippen LogP contribution in [0.5, 0.6) is 0 Å². The summed E-state index contributed by atoms with van der Waals surface area (Å²) in [5, 5.41) is 15.6. The third-order valence-corrected chi connectivity index (χ3v) is 3.71. The van der Waals surface area contributed by atoms with Crippen LogP contribution >= 0.6 is 0 Å². The van der Waals surface area contributed by atoms with Gasteiger partial charge in [0.1, 0.15) is 5.69 Å². The Labute approximate surface area is 152 Å². The van der Waals surface area contributed by atoms with E-state index in [-0.39, 0.29) is 11.2 Å². The minimum Gasteiger partial charge on any atom is -0.287 e. The molecule has 0 spiro atoms. The van der Waals surface area contributed by atoms with Gasteiger partial charge in [-0.2, -0.15) is 5.10 Å². The summed E-state index contributed by atoms with van der Waals surface area (Å²) < 4.78 is 1.79. The summed E-state index contributed by atoms with van der Waals surface area (Å²) in [5.74, 6) is 0.